The molecule has 0 aliphatic carbocycles. The summed E-state index contributed by atoms with van der Waals surface area (Å²) in [5, 5.41) is 3.83. The van der Waals surface area contributed by atoms with E-state index in [0.717, 1.165) is 37.1 Å². The highest BCUT2D eigenvalue weighted by Crippen LogP contribution is 2.27. The van der Waals surface area contributed by atoms with Gasteiger partial charge >= 0.3 is 0 Å². The Hall–Kier alpha value is -3.98. The first-order valence-electron chi connectivity index (χ1n) is 10.7. The number of carbonyl (C=O) groups is 1. The van der Waals surface area contributed by atoms with E-state index in [0.29, 0.717) is 28.7 Å². The number of anilines is 3. The quantitative estimate of drug-likeness (QED) is 0.490. The molecule has 3 heterocycles. The van der Waals surface area contributed by atoms with Crippen LogP contribution < -0.4 is 16.0 Å². The number of para-hydroxylation sites is 1. The Bertz CT molecular complexity index is 1330. The van der Waals surface area contributed by atoms with Gasteiger partial charge in [-0.25, -0.2) is 9.37 Å². The average molecular weight is 446 g/mol. The molecule has 2 aromatic heterocycles. The third-order valence-electron chi connectivity index (χ3n) is 5.91. The Morgan fingerprint density at radius 3 is 2.64 bits per heavy atom. The van der Waals surface area contributed by atoms with Crippen LogP contribution >= 0.6 is 0 Å². The Balaban J connectivity index is 1.41. The first-order valence-corrected chi connectivity index (χ1v) is 10.7. The van der Waals surface area contributed by atoms with E-state index in [-0.39, 0.29) is 5.82 Å². The minimum absolute atomic E-state index is 0.289. The van der Waals surface area contributed by atoms with E-state index in [9.17, 15) is 9.18 Å². The normalized spacial score (nSPS) is 14.5. The fourth-order valence-corrected chi connectivity index (χ4v) is 4.13. The number of amides is 1. The van der Waals surface area contributed by atoms with Gasteiger partial charge in [-0.3, -0.25) is 4.79 Å². The number of hydrogen-bond donors (Lipinski definition) is 2. The highest BCUT2D eigenvalue weighted by molar-refractivity contribution is 6.06. The maximum absolute atomic E-state index is 14.8. The van der Waals surface area contributed by atoms with Gasteiger partial charge in [0.15, 0.2) is 0 Å². The molecule has 1 saturated heterocycles. The molecule has 1 fully saturated rings. The van der Waals surface area contributed by atoms with Crippen LogP contribution in [0.1, 0.15) is 10.4 Å². The summed E-state index contributed by atoms with van der Waals surface area (Å²) in [6.07, 6.45) is 3.28. The lowest BCUT2D eigenvalue weighted by Gasteiger charge is -2.34. The molecular formula is C24H24FN7O. The summed E-state index contributed by atoms with van der Waals surface area (Å²) in [5.41, 5.74) is 7.92. The highest BCUT2D eigenvalue weighted by Gasteiger charge is 2.18. The number of benzene rings is 2. The number of nitrogens with zero attached hydrogens (tertiary/aromatic N) is 5. The van der Waals surface area contributed by atoms with Gasteiger partial charge in [-0.2, -0.15) is 4.98 Å². The summed E-state index contributed by atoms with van der Waals surface area (Å²) >= 11 is 0. The summed E-state index contributed by atoms with van der Waals surface area (Å²) in [7, 11) is 2.07. The van der Waals surface area contributed by atoms with E-state index in [1.165, 1.54) is 6.07 Å². The van der Waals surface area contributed by atoms with E-state index < -0.39 is 5.91 Å². The van der Waals surface area contributed by atoms with Crippen LogP contribution in [0.15, 0.2) is 60.9 Å². The van der Waals surface area contributed by atoms with Crippen LogP contribution in [0.2, 0.25) is 0 Å². The summed E-state index contributed by atoms with van der Waals surface area (Å²) in [5.74, 6) is 0.0832. The average Bonchev–Trinajstić information content (AvgIpc) is 3.20. The van der Waals surface area contributed by atoms with E-state index in [1.807, 2.05) is 30.3 Å². The minimum Gasteiger partial charge on any atom is -0.367 e. The Labute approximate surface area is 190 Å². The molecule has 9 heteroatoms. The van der Waals surface area contributed by atoms with E-state index in [4.69, 9.17) is 5.73 Å². The zero-order valence-corrected chi connectivity index (χ0v) is 18.2. The standard InChI is InChI=1S/C24H24FN7O/c1-30-10-12-31(13-11-30)21-7-6-16(14-19(21)25)28-24-27-9-8-22(29-24)32-15-18(23(26)33)17-4-2-3-5-20(17)32/h2-9,14-15H,10-13H2,1H3,(H2,26,33)(H,27,28,29). The molecule has 5 rings (SSSR count). The summed E-state index contributed by atoms with van der Waals surface area (Å²) in [6, 6.07) is 14.3. The van der Waals surface area contributed by atoms with E-state index >= 15 is 0 Å². The zero-order chi connectivity index (χ0) is 22.9. The van der Waals surface area contributed by atoms with Gasteiger partial charge in [-0.05, 0) is 37.4 Å². The molecule has 0 saturated carbocycles. The summed E-state index contributed by atoms with van der Waals surface area (Å²) < 4.78 is 16.6. The molecule has 168 valence electrons. The first-order chi connectivity index (χ1) is 16.0. The van der Waals surface area contributed by atoms with Crippen molar-refractivity contribution in [2.75, 3.05) is 43.4 Å². The van der Waals surface area contributed by atoms with E-state index in [1.54, 1.807) is 29.1 Å². The number of hydrogen-bond acceptors (Lipinski definition) is 6. The van der Waals surface area contributed by atoms with Gasteiger partial charge < -0.3 is 25.4 Å². The molecule has 4 aromatic rings. The van der Waals surface area contributed by atoms with Gasteiger partial charge in [0.1, 0.15) is 11.6 Å². The van der Waals surface area contributed by atoms with Gasteiger partial charge in [0.2, 0.25) is 5.95 Å². The highest BCUT2D eigenvalue weighted by atomic mass is 19.1. The molecule has 1 aliphatic heterocycles. The number of halogens is 1. The van der Waals surface area contributed by atoms with Crippen LogP contribution in [0.25, 0.3) is 16.7 Å². The van der Waals surface area contributed by atoms with Crippen LogP contribution in [0, 0.1) is 5.82 Å². The van der Waals surface area contributed by atoms with Crippen molar-refractivity contribution in [2.45, 2.75) is 0 Å². The van der Waals surface area contributed by atoms with Crippen molar-refractivity contribution in [3.63, 3.8) is 0 Å². The molecule has 33 heavy (non-hydrogen) atoms. The van der Waals surface area contributed by atoms with Crippen molar-refractivity contribution < 1.29 is 9.18 Å². The molecule has 1 amide bonds. The Morgan fingerprint density at radius 1 is 1.09 bits per heavy atom. The third-order valence-corrected chi connectivity index (χ3v) is 5.91. The smallest absolute Gasteiger partial charge is 0.250 e. The Kier molecular flexibility index (Phi) is 5.39. The maximum atomic E-state index is 14.8. The monoisotopic (exact) mass is 445 g/mol. The lowest BCUT2D eigenvalue weighted by molar-refractivity contribution is 0.100. The lowest BCUT2D eigenvalue weighted by Crippen LogP contribution is -2.44. The van der Waals surface area contributed by atoms with Gasteiger partial charge in [0.25, 0.3) is 5.91 Å². The number of aromatic nitrogens is 3. The number of piperazine rings is 1. The minimum atomic E-state index is -0.506. The van der Waals surface area contributed by atoms with Crippen molar-refractivity contribution >= 4 is 34.1 Å². The number of primary amides is 1. The largest absolute Gasteiger partial charge is 0.367 e. The van der Waals surface area contributed by atoms with E-state index in [2.05, 4.69) is 32.1 Å². The number of rotatable bonds is 5. The van der Waals surface area contributed by atoms with Gasteiger partial charge in [0.05, 0.1) is 16.8 Å². The molecule has 3 N–H and O–H groups in total. The molecule has 0 radical (unpaired) electrons. The Morgan fingerprint density at radius 2 is 1.88 bits per heavy atom. The van der Waals surface area contributed by atoms with Crippen LogP contribution in [0.4, 0.5) is 21.7 Å². The molecule has 0 bridgehead atoms. The molecule has 0 atom stereocenters. The van der Waals surface area contributed by atoms with Gasteiger partial charge in [-0.15, -0.1) is 0 Å². The molecule has 0 unspecified atom stereocenters. The van der Waals surface area contributed by atoms with Crippen LogP contribution in [-0.2, 0) is 0 Å². The van der Waals surface area contributed by atoms with Crippen molar-refractivity contribution in [1.82, 2.24) is 19.4 Å². The van der Waals surface area contributed by atoms with Crippen molar-refractivity contribution in [1.29, 1.82) is 0 Å². The van der Waals surface area contributed by atoms with Crippen LogP contribution in [-0.4, -0.2) is 58.6 Å². The molecule has 2 aromatic carbocycles. The maximum Gasteiger partial charge on any atom is 0.250 e. The zero-order valence-electron chi connectivity index (χ0n) is 18.2. The second-order valence-electron chi connectivity index (χ2n) is 8.11. The fourth-order valence-electron chi connectivity index (χ4n) is 4.13. The number of nitrogens with two attached hydrogens (primary N) is 1. The van der Waals surface area contributed by atoms with Gasteiger partial charge in [0, 0.05) is 49.6 Å². The molecular weight excluding hydrogens is 421 g/mol. The lowest BCUT2D eigenvalue weighted by atomic mass is 10.2. The summed E-state index contributed by atoms with van der Waals surface area (Å²) in [6.45, 7) is 3.41. The van der Waals surface area contributed by atoms with Crippen molar-refractivity contribution in [3.8, 4) is 5.82 Å². The fraction of sp³-hybridized carbons (Fsp3) is 0.208. The van der Waals surface area contributed by atoms with Crippen LogP contribution in [0.5, 0.6) is 0 Å². The summed E-state index contributed by atoms with van der Waals surface area (Å²) in [4.78, 5) is 25.0. The molecule has 8 nitrogen and oxygen atoms in total. The second-order valence-corrected chi connectivity index (χ2v) is 8.11. The number of nitrogens with one attached hydrogen (secondary N) is 1. The van der Waals surface area contributed by atoms with Crippen molar-refractivity contribution in [3.05, 3.63) is 72.3 Å². The van der Waals surface area contributed by atoms with Gasteiger partial charge in [-0.1, -0.05) is 18.2 Å². The van der Waals surface area contributed by atoms with Crippen molar-refractivity contribution in [2.24, 2.45) is 5.73 Å². The van der Waals surface area contributed by atoms with Crippen LogP contribution in [0.3, 0.4) is 0 Å². The second kappa shape index (κ2) is 8.51. The predicted octanol–water partition coefficient (Wildman–Crippen LogP) is 3.15. The molecule has 0 spiro atoms. The predicted molar refractivity (Wildman–Crippen MR) is 127 cm³/mol. The molecule has 1 aliphatic rings. The number of carbonyl (C=O) groups excluding carboxylic acids is 1. The number of likely N-dealkylation sites (N-methyl/N-ethyl adjacent to an activating group) is 1. The third kappa shape index (κ3) is 4.10. The number of fused-ring (bicyclic) bond motifs is 1. The SMILES string of the molecule is CN1CCN(c2ccc(Nc3nccc(-n4cc(C(N)=O)c5ccccc54)n3)cc2F)CC1. The topological polar surface area (TPSA) is 92.3 Å². The first kappa shape index (κ1) is 20.9.